The summed E-state index contributed by atoms with van der Waals surface area (Å²) in [6, 6.07) is 9.15. The molecule has 78 valence electrons. The Balaban J connectivity index is 2.87. The van der Waals surface area contributed by atoms with E-state index in [-0.39, 0.29) is 12.2 Å². The predicted octanol–water partition coefficient (Wildman–Crippen LogP) is 1.83. The summed E-state index contributed by atoms with van der Waals surface area (Å²) in [4.78, 5) is 21.9. The van der Waals surface area contributed by atoms with Crippen molar-refractivity contribution in [3.8, 4) is 0 Å². The molecule has 0 radical (unpaired) electrons. The summed E-state index contributed by atoms with van der Waals surface area (Å²) < 4.78 is 4.73. The zero-order chi connectivity index (χ0) is 11.1. The normalized spacial score (nSPS) is 10.9. The fourth-order valence-electron chi connectivity index (χ4n) is 1.08. The number of ether oxygens (including phenoxy) is 1. The molecule has 0 saturated heterocycles. The van der Waals surface area contributed by atoms with Crippen LogP contribution in [0.4, 0.5) is 0 Å². The first kappa shape index (κ1) is 11.2. The fraction of sp³-hybridized carbons (Fsp3) is 0.167. The summed E-state index contributed by atoms with van der Waals surface area (Å²) in [6.45, 7) is 1.96. The van der Waals surface area contributed by atoms with Gasteiger partial charge < -0.3 is 4.74 Å². The molecular weight excluding hydrogens is 192 g/mol. The van der Waals surface area contributed by atoms with Gasteiger partial charge >= 0.3 is 5.97 Å². The van der Waals surface area contributed by atoms with Crippen molar-refractivity contribution in [3.63, 3.8) is 0 Å². The average Bonchev–Trinajstić information content (AvgIpc) is 2.27. The molecule has 0 heterocycles. The smallest absolute Gasteiger partial charge is 0.341 e. The second kappa shape index (κ2) is 5.75. The second-order valence-corrected chi connectivity index (χ2v) is 2.85. The number of esters is 1. The third kappa shape index (κ3) is 3.38. The highest BCUT2D eigenvalue weighted by Crippen LogP contribution is 2.06. The molecule has 1 rings (SSSR count). The standard InChI is InChI=1S/C12H12O3/c1-2-15-12(14)11(9-13)8-10-6-4-3-5-7-10/h3-9H,2H2,1H3/b11-8-. The molecule has 0 aliphatic carbocycles. The lowest BCUT2D eigenvalue weighted by molar-refractivity contribution is -0.138. The van der Waals surface area contributed by atoms with Crippen LogP contribution in [-0.4, -0.2) is 18.9 Å². The van der Waals surface area contributed by atoms with Crippen LogP contribution in [0.3, 0.4) is 0 Å². The van der Waals surface area contributed by atoms with E-state index in [1.165, 1.54) is 6.08 Å². The first-order valence-corrected chi connectivity index (χ1v) is 4.67. The Kier molecular flexibility index (Phi) is 4.29. The number of rotatable bonds is 4. The molecule has 1 aromatic rings. The monoisotopic (exact) mass is 204 g/mol. The SMILES string of the molecule is CCOC(=O)/C(C=O)=C\c1ccccc1. The van der Waals surface area contributed by atoms with Crippen LogP contribution < -0.4 is 0 Å². The van der Waals surface area contributed by atoms with Crippen molar-refractivity contribution < 1.29 is 14.3 Å². The number of benzene rings is 1. The number of hydrogen-bond donors (Lipinski definition) is 0. The van der Waals surface area contributed by atoms with Crippen LogP contribution in [0.2, 0.25) is 0 Å². The van der Waals surface area contributed by atoms with E-state index in [4.69, 9.17) is 4.74 Å². The molecule has 0 saturated carbocycles. The fourth-order valence-corrected chi connectivity index (χ4v) is 1.08. The maximum atomic E-state index is 11.3. The molecule has 0 fully saturated rings. The number of aldehydes is 1. The van der Waals surface area contributed by atoms with Crippen LogP contribution in [0.5, 0.6) is 0 Å². The van der Waals surface area contributed by atoms with Crippen molar-refractivity contribution in [1.82, 2.24) is 0 Å². The van der Waals surface area contributed by atoms with Crippen molar-refractivity contribution in [2.45, 2.75) is 6.92 Å². The van der Waals surface area contributed by atoms with Crippen LogP contribution in [0.25, 0.3) is 6.08 Å². The van der Waals surface area contributed by atoms with Gasteiger partial charge in [-0.1, -0.05) is 30.3 Å². The highest BCUT2D eigenvalue weighted by atomic mass is 16.5. The van der Waals surface area contributed by atoms with E-state index in [9.17, 15) is 9.59 Å². The van der Waals surface area contributed by atoms with Crippen LogP contribution in [0.1, 0.15) is 12.5 Å². The van der Waals surface area contributed by atoms with E-state index < -0.39 is 5.97 Å². The third-order valence-corrected chi connectivity index (χ3v) is 1.76. The highest BCUT2D eigenvalue weighted by molar-refractivity contribution is 6.11. The van der Waals surface area contributed by atoms with E-state index in [2.05, 4.69) is 0 Å². The molecule has 0 aliphatic rings. The van der Waals surface area contributed by atoms with Gasteiger partial charge in [0.1, 0.15) is 0 Å². The number of carbonyl (C=O) groups is 2. The predicted molar refractivity (Wildman–Crippen MR) is 57.1 cm³/mol. The maximum Gasteiger partial charge on any atom is 0.341 e. The Bertz CT molecular complexity index is 366. The highest BCUT2D eigenvalue weighted by Gasteiger charge is 2.08. The lowest BCUT2D eigenvalue weighted by Crippen LogP contribution is -2.08. The molecule has 0 spiro atoms. The molecule has 0 bridgehead atoms. The van der Waals surface area contributed by atoms with Gasteiger partial charge in [0.2, 0.25) is 0 Å². The second-order valence-electron chi connectivity index (χ2n) is 2.85. The lowest BCUT2D eigenvalue weighted by atomic mass is 10.1. The number of hydrogen-bond acceptors (Lipinski definition) is 3. The van der Waals surface area contributed by atoms with Crippen LogP contribution >= 0.6 is 0 Å². The lowest BCUT2D eigenvalue weighted by Gasteiger charge is -2.00. The van der Waals surface area contributed by atoms with Crippen molar-refractivity contribution in [1.29, 1.82) is 0 Å². The Morgan fingerprint density at radius 3 is 2.53 bits per heavy atom. The molecule has 0 amide bonds. The van der Waals surface area contributed by atoms with Gasteiger partial charge in [-0.05, 0) is 18.6 Å². The molecule has 15 heavy (non-hydrogen) atoms. The topological polar surface area (TPSA) is 43.4 Å². The van der Waals surface area contributed by atoms with E-state index in [1.54, 1.807) is 6.92 Å². The quantitative estimate of drug-likeness (QED) is 0.247. The molecule has 0 atom stereocenters. The molecule has 0 unspecified atom stereocenters. The van der Waals surface area contributed by atoms with Gasteiger partial charge in [0, 0.05) is 0 Å². The maximum absolute atomic E-state index is 11.3. The van der Waals surface area contributed by atoms with Crippen molar-refractivity contribution >= 4 is 18.3 Å². The average molecular weight is 204 g/mol. The van der Waals surface area contributed by atoms with Crippen LogP contribution in [-0.2, 0) is 14.3 Å². The Morgan fingerprint density at radius 2 is 2.00 bits per heavy atom. The summed E-state index contributed by atoms with van der Waals surface area (Å²) in [7, 11) is 0. The molecule has 3 nitrogen and oxygen atoms in total. The third-order valence-electron chi connectivity index (χ3n) is 1.76. The number of carbonyl (C=O) groups excluding carboxylic acids is 2. The van der Waals surface area contributed by atoms with Gasteiger partial charge in [0.15, 0.2) is 6.29 Å². The first-order chi connectivity index (χ1) is 7.27. The molecule has 1 aromatic carbocycles. The summed E-state index contributed by atoms with van der Waals surface area (Å²) in [5.74, 6) is -0.587. The molecule has 3 heteroatoms. The first-order valence-electron chi connectivity index (χ1n) is 4.67. The summed E-state index contributed by atoms with van der Waals surface area (Å²) in [5.41, 5.74) is 0.829. The summed E-state index contributed by atoms with van der Waals surface area (Å²) in [5, 5.41) is 0. The summed E-state index contributed by atoms with van der Waals surface area (Å²) in [6.07, 6.45) is 2.01. The van der Waals surface area contributed by atoms with E-state index >= 15 is 0 Å². The van der Waals surface area contributed by atoms with Gasteiger partial charge in [-0.3, -0.25) is 4.79 Å². The van der Waals surface area contributed by atoms with Crippen molar-refractivity contribution in [3.05, 3.63) is 41.5 Å². The van der Waals surface area contributed by atoms with Gasteiger partial charge in [0.05, 0.1) is 12.2 Å². The zero-order valence-electron chi connectivity index (χ0n) is 8.47. The molecule has 0 aromatic heterocycles. The molecular formula is C12H12O3. The van der Waals surface area contributed by atoms with Gasteiger partial charge in [-0.25, -0.2) is 4.79 Å². The minimum Gasteiger partial charge on any atom is -0.462 e. The van der Waals surface area contributed by atoms with Crippen LogP contribution in [0.15, 0.2) is 35.9 Å². The molecule has 0 aliphatic heterocycles. The Morgan fingerprint density at radius 1 is 1.33 bits per heavy atom. The van der Waals surface area contributed by atoms with E-state index in [0.717, 1.165) is 5.56 Å². The van der Waals surface area contributed by atoms with Crippen LogP contribution in [0, 0.1) is 0 Å². The van der Waals surface area contributed by atoms with Gasteiger partial charge in [-0.15, -0.1) is 0 Å². The van der Waals surface area contributed by atoms with Crippen molar-refractivity contribution in [2.24, 2.45) is 0 Å². The van der Waals surface area contributed by atoms with E-state index in [0.29, 0.717) is 6.29 Å². The van der Waals surface area contributed by atoms with Gasteiger partial charge in [-0.2, -0.15) is 0 Å². The largest absolute Gasteiger partial charge is 0.462 e. The zero-order valence-corrected chi connectivity index (χ0v) is 8.47. The van der Waals surface area contributed by atoms with Crippen molar-refractivity contribution in [2.75, 3.05) is 6.61 Å². The van der Waals surface area contributed by atoms with E-state index in [1.807, 2.05) is 30.3 Å². The minimum absolute atomic E-state index is 0.0306. The summed E-state index contributed by atoms with van der Waals surface area (Å²) >= 11 is 0. The Hall–Kier alpha value is -1.90. The minimum atomic E-state index is -0.587. The molecule has 0 N–H and O–H groups in total. The Labute approximate surface area is 88.4 Å². The van der Waals surface area contributed by atoms with Gasteiger partial charge in [0.25, 0.3) is 0 Å².